The van der Waals surface area contributed by atoms with E-state index in [-0.39, 0.29) is 0 Å². The van der Waals surface area contributed by atoms with Crippen molar-refractivity contribution in [1.82, 2.24) is 14.9 Å². The van der Waals surface area contributed by atoms with Crippen molar-refractivity contribution in [2.45, 2.75) is 45.8 Å². The Bertz CT molecular complexity index is 307. The predicted molar refractivity (Wildman–Crippen MR) is 65.4 cm³/mol. The van der Waals surface area contributed by atoms with Crippen LogP contribution in [0.4, 0.5) is 0 Å². The number of aryl methyl sites for hydroxylation is 1. The van der Waals surface area contributed by atoms with Crippen LogP contribution < -0.4 is 5.32 Å². The van der Waals surface area contributed by atoms with Gasteiger partial charge in [0.2, 0.25) is 0 Å². The maximum Gasteiger partial charge on any atom is 0.111 e. The summed E-state index contributed by atoms with van der Waals surface area (Å²) in [4.78, 5) is 4.30. The van der Waals surface area contributed by atoms with Crippen molar-refractivity contribution in [2.24, 2.45) is 0 Å². The summed E-state index contributed by atoms with van der Waals surface area (Å²) in [6.45, 7) is 8.46. The largest absolute Gasteiger partial charge is 0.388 e. The van der Waals surface area contributed by atoms with E-state index < -0.39 is 5.60 Å². The molecule has 0 aromatic carbocycles. The summed E-state index contributed by atoms with van der Waals surface area (Å²) < 4.78 is 2.11. The summed E-state index contributed by atoms with van der Waals surface area (Å²) in [6, 6.07) is 0. The Kier molecular flexibility index (Phi) is 4.96. The van der Waals surface area contributed by atoms with E-state index >= 15 is 0 Å². The minimum atomic E-state index is -0.729. The number of hydrogen-bond donors (Lipinski definition) is 2. The van der Waals surface area contributed by atoms with Gasteiger partial charge in [0.1, 0.15) is 5.82 Å². The van der Waals surface area contributed by atoms with Gasteiger partial charge in [-0.15, -0.1) is 0 Å². The van der Waals surface area contributed by atoms with Crippen LogP contribution in [0.2, 0.25) is 0 Å². The summed E-state index contributed by atoms with van der Waals surface area (Å²) in [5.41, 5.74) is -0.729. The van der Waals surface area contributed by atoms with Crippen molar-refractivity contribution >= 4 is 0 Å². The Morgan fingerprint density at radius 3 is 2.88 bits per heavy atom. The fourth-order valence-corrected chi connectivity index (χ4v) is 1.75. The van der Waals surface area contributed by atoms with Gasteiger partial charge in [-0.2, -0.15) is 0 Å². The van der Waals surface area contributed by atoms with Crippen LogP contribution in [-0.4, -0.2) is 33.3 Å². The van der Waals surface area contributed by atoms with E-state index in [1.54, 1.807) is 6.20 Å². The smallest absolute Gasteiger partial charge is 0.111 e. The molecule has 4 nitrogen and oxygen atoms in total. The Morgan fingerprint density at radius 1 is 1.50 bits per heavy atom. The molecule has 1 rings (SSSR count). The normalized spacial score (nSPS) is 15.0. The van der Waals surface area contributed by atoms with Crippen molar-refractivity contribution in [3.05, 3.63) is 18.2 Å². The zero-order valence-corrected chi connectivity index (χ0v) is 10.5. The Labute approximate surface area is 97.7 Å². The molecule has 92 valence electrons. The quantitative estimate of drug-likeness (QED) is 0.733. The fourth-order valence-electron chi connectivity index (χ4n) is 1.75. The molecular formula is C12H23N3O. The molecule has 4 heteroatoms. The first-order valence-electron chi connectivity index (χ1n) is 6.02. The molecule has 0 bridgehead atoms. The molecular weight excluding hydrogens is 202 g/mol. The third kappa shape index (κ3) is 3.94. The van der Waals surface area contributed by atoms with Gasteiger partial charge in [-0.25, -0.2) is 4.98 Å². The molecule has 2 N–H and O–H groups in total. The summed E-state index contributed by atoms with van der Waals surface area (Å²) in [7, 11) is 0. The zero-order valence-electron chi connectivity index (χ0n) is 10.5. The summed E-state index contributed by atoms with van der Waals surface area (Å²) >= 11 is 0. The average molecular weight is 225 g/mol. The standard InChI is InChI=1S/C12H23N3O/c1-4-7-15-8-6-14-11(15)9-12(3,16)10-13-5-2/h6,8,13,16H,4-5,7,9-10H2,1-3H3. The molecule has 0 aliphatic rings. The second-order valence-corrected chi connectivity index (χ2v) is 4.49. The zero-order chi connectivity index (χ0) is 12.0. The van der Waals surface area contributed by atoms with Crippen molar-refractivity contribution < 1.29 is 5.11 Å². The second kappa shape index (κ2) is 6.01. The summed E-state index contributed by atoms with van der Waals surface area (Å²) in [5, 5.41) is 13.4. The molecule has 0 saturated carbocycles. The van der Waals surface area contributed by atoms with Crippen molar-refractivity contribution in [3.8, 4) is 0 Å². The van der Waals surface area contributed by atoms with E-state index in [0.29, 0.717) is 13.0 Å². The van der Waals surface area contributed by atoms with Crippen LogP contribution in [0.15, 0.2) is 12.4 Å². The van der Waals surface area contributed by atoms with Gasteiger partial charge in [-0.3, -0.25) is 0 Å². The van der Waals surface area contributed by atoms with Crippen LogP contribution in [-0.2, 0) is 13.0 Å². The lowest BCUT2D eigenvalue weighted by Gasteiger charge is -2.23. The van der Waals surface area contributed by atoms with Crippen molar-refractivity contribution in [3.63, 3.8) is 0 Å². The molecule has 0 spiro atoms. The molecule has 0 radical (unpaired) electrons. The van der Waals surface area contributed by atoms with E-state index in [1.807, 2.05) is 20.0 Å². The van der Waals surface area contributed by atoms with E-state index in [4.69, 9.17) is 0 Å². The van der Waals surface area contributed by atoms with Crippen LogP contribution in [0.3, 0.4) is 0 Å². The van der Waals surface area contributed by atoms with Gasteiger partial charge in [0, 0.05) is 31.9 Å². The Balaban J connectivity index is 2.60. The number of hydrogen-bond acceptors (Lipinski definition) is 3. The molecule has 1 atom stereocenters. The van der Waals surface area contributed by atoms with Gasteiger partial charge in [0.25, 0.3) is 0 Å². The highest BCUT2D eigenvalue weighted by molar-refractivity contribution is 4.98. The maximum absolute atomic E-state index is 10.2. The van der Waals surface area contributed by atoms with Crippen molar-refractivity contribution in [2.75, 3.05) is 13.1 Å². The van der Waals surface area contributed by atoms with Gasteiger partial charge in [-0.05, 0) is 19.9 Å². The second-order valence-electron chi connectivity index (χ2n) is 4.49. The number of imidazole rings is 1. The van der Waals surface area contributed by atoms with E-state index in [0.717, 1.165) is 25.3 Å². The first-order chi connectivity index (χ1) is 7.59. The molecule has 0 amide bonds. The first-order valence-corrected chi connectivity index (χ1v) is 6.02. The van der Waals surface area contributed by atoms with Gasteiger partial charge in [0.05, 0.1) is 5.60 Å². The number of nitrogens with zero attached hydrogens (tertiary/aromatic N) is 2. The average Bonchev–Trinajstić information content (AvgIpc) is 2.63. The number of rotatable bonds is 7. The maximum atomic E-state index is 10.2. The van der Waals surface area contributed by atoms with Crippen LogP contribution in [0.1, 0.15) is 33.0 Å². The number of aromatic nitrogens is 2. The van der Waals surface area contributed by atoms with Crippen LogP contribution in [0.5, 0.6) is 0 Å². The summed E-state index contributed by atoms with van der Waals surface area (Å²) in [6.07, 6.45) is 5.45. The first kappa shape index (κ1) is 13.2. The highest BCUT2D eigenvalue weighted by Gasteiger charge is 2.22. The van der Waals surface area contributed by atoms with E-state index in [9.17, 15) is 5.11 Å². The molecule has 0 aliphatic heterocycles. The lowest BCUT2D eigenvalue weighted by atomic mass is 10.0. The minimum Gasteiger partial charge on any atom is -0.388 e. The lowest BCUT2D eigenvalue weighted by Crippen LogP contribution is -2.40. The molecule has 1 aromatic rings. The molecule has 1 heterocycles. The Hall–Kier alpha value is -0.870. The summed E-state index contributed by atoms with van der Waals surface area (Å²) in [5.74, 6) is 0.963. The van der Waals surface area contributed by atoms with Crippen LogP contribution >= 0.6 is 0 Å². The number of aliphatic hydroxyl groups is 1. The van der Waals surface area contributed by atoms with Crippen LogP contribution in [0, 0.1) is 0 Å². The predicted octanol–water partition coefficient (Wildman–Crippen LogP) is 1.20. The molecule has 1 unspecified atom stereocenters. The SMILES string of the molecule is CCCn1ccnc1CC(C)(O)CNCC. The minimum absolute atomic E-state index is 0.590. The topological polar surface area (TPSA) is 50.1 Å². The third-order valence-corrected chi connectivity index (χ3v) is 2.56. The molecule has 0 fully saturated rings. The van der Waals surface area contributed by atoms with E-state index in [1.165, 1.54) is 0 Å². The lowest BCUT2D eigenvalue weighted by molar-refractivity contribution is 0.0578. The van der Waals surface area contributed by atoms with Gasteiger partial charge in [-0.1, -0.05) is 13.8 Å². The van der Waals surface area contributed by atoms with Gasteiger partial charge < -0.3 is 15.0 Å². The van der Waals surface area contributed by atoms with Crippen molar-refractivity contribution in [1.29, 1.82) is 0 Å². The van der Waals surface area contributed by atoms with Crippen LogP contribution in [0.25, 0.3) is 0 Å². The molecule has 16 heavy (non-hydrogen) atoms. The molecule has 0 aliphatic carbocycles. The molecule has 0 saturated heterocycles. The Morgan fingerprint density at radius 2 is 2.25 bits per heavy atom. The monoisotopic (exact) mass is 225 g/mol. The number of likely N-dealkylation sites (N-methyl/N-ethyl adjacent to an activating group) is 1. The molecule has 1 aromatic heterocycles. The van der Waals surface area contributed by atoms with Gasteiger partial charge >= 0.3 is 0 Å². The highest BCUT2D eigenvalue weighted by Crippen LogP contribution is 2.11. The van der Waals surface area contributed by atoms with E-state index in [2.05, 4.69) is 21.8 Å². The van der Waals surface area contributed by atoms with Gasteiger partial charge in [0.15, 0.2) is 0 Å². The highest BCUT2D eigenvalue weighted by atomic mass is 16.3. The third-order valence-electron chi connectivity index (χ3n) is 2.56. The fraction of sp³-hybridized carbons (Fsp3) is 0.750. The number of nitrogens with one attached hydrogen (secondary N) is 1.